The molecule has 9 heteroatoms. The van der Waals surface area contributed by atoms with Gasteiger partial charge in [-0.1, -0.05) is 49.3 Å². The predicted molar refractivity (Wildman–Crippen MR) is 116 cm³/mol. The Labute approximate surface area is 176 Å². The van der Waals surface area contributed by atoms with Gasteiger partial charge in [-0.05, 0) is 36.1 Å². The smallest absolute Gasteiger partial charge is 0.243 e. The molecular formula is C21H28N4O4S. The highest BCUT2D eigenvalue weighted by atomic mass is 32.2. The van der Waals surface area contributed by atoms with Crippen molar-refractivity contribution >= 4 is 26.8 Å². The molecule has 2 atom stereocenters. The van der Waals surface area contributed by atoms with Gasteiger partial charge in [-0.3, -0.25) is 0 Å². The lowest BCUT2D eigenvalue weighted by atomic mass is 10.0. The lowest BCUT2D eigenvalue weighted by molar-refractivity contribution is 0.116. The molecule has 1 aromatic heterocycles. The number of aromatic nitrogens is 1. The summed E-state index contributed by atoms with van der Waals surface area (Å²) in [4.78, 5) is 0.0642. The maximum Gasteiger partial charge on any atom is 0.243 e. The van der Waals surface area contributed by atoms with E-state index in [2.05, 4.69) is 5.16 Å². The molecule has 3 aromatic rings. The lowest BCUT2D eigenvalue weighted by Gasteiger charge is -2.28. The second-order valence-electron chi connectivity index (χ2n) is 7.86. The summed E-state index contributed by atoms with van der Waals surface area (Å²) in [6, 6.07) is 13.4. The fourth-order valence-corrected chi connectivity index (χ4v) is 4.94. The summed E-state index contributed by atoms with van der Waals surface area (Å²) in [5.41, 5.74) is 13.3. The summed E-state index contributed by atoms with van der Waals surface area (Å²) in [5, 5.41) is 14.8. The number of aliphatic hydroxyl groups excluding tert-OH is 1. The van der Waals surface area contributed by atoms with Crippen LogP contribution in [0, 0.1) is 5.92 Å². The predicted octanol–water partition coefficient (Wildman–Crippen LogP) is 1.99. The number of rotatable bonds is 9. The number of hydrogen-bond donors (Lipinski definition) is 3. The Morgan fingerprint density at radius 2 is 1.83 bits per heavy atom. The third-order valence-corrected chi connectivity index (χ3v) is 6.70. The van der Waals surface area contributed by atoms with Crippen LogP contribution in [0.4, 0.5) is 5.82 Å². The molecule has 0 bridgehead atoms. The second-order valence-corrected chi connectivity index (χ2v) is 9.80. The molecule has 0 aliphatic heterocycles. The lowest BCUT2D eigenvalue weighted by Crippen LogP contribution is -2.47. The fraction of sp³-hybridized carbons (Fsp3) is 0.381. The quantitative estimate of drug-likeness (QED) is 0.470. The standard InChI is InChI=1S/C21H28N4O4S/c1-14(2)12-25(13-19(26)18(22)10-15-6-4-3-5-7-15)30(27,28)16-8-9-20-17(11-16)21(23)24-29-20/h3-9,11,14,18-19,26H,10,12-13,22H2,1-2H3,(H2,23,24)/t18-,19+/m0/s1. The van der Waals surface area contributed by atoms with Gasteiger partial charge in [0.2, 0.25) is 10.0 Å². The van der Waals surface area contributed by atoms with Crippen molar-refractivity contribution in [2.75, 3.05) is 18.8 Å². The van der Waals surface area contributed by atoms with Gasteiger partial charge < -0.3 is 21.1 Å². The van der Waals surface area contributed by atoms with E-state index in [0.717, 1.165) is 5.56 Å². The number of fused-ring (bicyclic) bond motifs is 1. The van der Waals surface area contributed by atoms with Crippen LogP contribution < -0.4 is 11.5 Å². The highest BCUT2D eigenvalue weighted by molar-refractivity contribution is 7.89. The largest absolute Gasteiger partial charge is 0.390 e. The summed E-state index contributed by atoms with van der Waals surface area (Å²) in [6.45, 7) is 3.97. The highest BCUT2D eigenvalue weighted by Gasteiger charge is 2.30. The molecule has 2 aromatic carbocycles. The zero-order valence-corrected chi connectivity index (χ0v) is 17.9. The van der Waals surface area contributed by atoms with Crippen molar-refractivity contribution in [2.24, 2.45) is 11.7 Å². The topological polar surface area (TPSA) is 136 Å². The molecule has 162 valence electrons. The average Bonchev–Trinajstić information content (AvgIpc) is 3.08. The van der Waals surface area contributed by atoms with Crippen molar-refractivity contribution in [3.05, 3.63) is 54.1 Å². The van der Waals surface area contributed by atoms with E-state index in [-0.39, 0.29) is 29.7 Å². The van der Waals surface area contributed by atoms with Crippen molar-refractivity contribution in [1.29, 1.82) is 0 Å². The van der Waals surface area contributed by atoms with Crippen LogP contribution in [0.3, 0.4) is 0 Å². The number of benzene rings is 2. The first kappa shape index (κ1) is 22.2. The molecule has 0 aliphatic rings. The van der Waals surface area contributed by atoms with Crippen molar-refractivity contribution in [2.45, 2.75) is 37.3 Å². The summed E-state index contributed by atoms with van der Waals surface area (Å²) in [7, 11) is -3.89. The number of aliphatic hydroxyl groups is 1. The fourth-order valence-electron chi connectivity index (χ4n) is 3.29. The number of nitrogens with zero attached hydrogens (tertiary/aromatic N) is 2. The minimum absolute atomic E-state index is 0.0571. The third-order valence-electron chi connectivity index (χ3n) is 4.88. The van der Waals surface area contributed by atoms with E-state index in [4.69, 9.17) is 16.0 Å². The van der Waals surface area contributed by atoms with Crippen LogP contribution in [0.1, 0.15) is 19.4 Å². The molecule has 0 aliphatic carbocycles. The number of nitrogen functional groups attached to an aromatic ring is 1. The number of anilines is 1. The molecule has 3 rings (SSSR count). The second kappa shape index (κ2) is 9.13. The normalized spacial score (nSPS) is 14.5. The molecule has 30 heavy (non-hydrogen) atoms. The number of sulfonamides is 1. The molecule has 1 heterocycles. The van der Waals surface area contributed by atoms with E-state index >= 15 is 0 Å². The molecule has 0 saturated carbocycles. The molecule has 0 radical (unpaired) electrons. The monoisotopic (exact) mass is 432 g/mol. The van der Waals surface area contributed by atoms with Crippen molar-refractivity contribution in [1.82, 2.24) is 9.46 Å². The first-order chi connectivity index (χ1) is 14.2. The van der Waals surface area contributed by atoms with Crippen LogP contribution in [0.25, 0.3) is 11.0 Å². The van der Waals surface area contributed by atoms with Gasteiger partial charge in [0.05, 0.1) is 16.4 Å². The Morgan fingerprint density at radius 1 is 1.13 bits per heavy atom. The minimum atomic E-state index is -3.89. The van der Waals surface area contributed by atoms with Crippen LogP contribution >= 0.6 is 0 Å². The van der Waals surface area contributed by atoms with Gasteiger partial charge in [-0.15, -0.1) is 0 Å². The van der Waals surface area contributed by atoms with E-state index in [9.17, 15) is 13.5 Å². The Morgan fingerprint density at radius 3 is 2.50 bits per heavy atom. The van der Waals surface area contributed by atoms with Crippen molar-refractivity contribution < 1.29 is 18.0 Å². The first-order valence-electron chi connectivity index (χ1n) is 9.81. The van der Waals surface area contributed by atoms with Crippen LogP contribution in [0.5, 0.6) is 0 Å². The molecule has 0 fully saturated rings. The molecule has 8 nitrogen and oxygen atoms in total. The molecule has 0 amide bonds. The van der Waals surface area contributed by atoms with Crippen molar-refractivity contribution in [3.8, 4) is 0 Å². The SMILES string of the molecule is CC(C)CN(C[C@@H](O)[C@@H](N)Cc1ccccc1)S(=O)(=O)c1ccc2onc(N)c2c1. The maximum absolute atomic E-state index is 13.3. The zero-order valence-electron chi connectivity index (χ0n) is 17.1. The van der Waals surface area contributed by atoms with Crippen LogP contribution in [-0.4, -0.2) is 48.2 Å². The third kappa shape index (κ3) is 4.99. The summed E-state index contributed by atoms with van der Waals surface area (Å²) < 4.78 is 33.0. The van der Waals surface area contributed by atoms with Crippen LogP contribution in [0.15, 0.2) is 57.9 Å². The van der Waals surface area contributed by atoms with E-state index in [1.807, 2.05) is 44.2 Å². The Bertz CT molecular complexity index is 1080. The first-order valence-corrected chi connectivity index (χ1v) is 11.2. The molecule has 0 saturated heterocycles. The van der Waals surface area contributed by atoms with E-state index < -0.39 is 22.2 Å². The van der Waals surface area contributed by atoms with Gasteiger partial charge in [0.1, 0.15) is 0 Å². The maximum atomic E-state index is 13.3. The number of hydrogen-bond acceptors (Lipinski definition) is 7. The molecule has 0 spiro atoms. The van der Waals surface area contributed by atoms with E-state index in [1.165, 1.54) is 22.5 Å². The van der Waals surface area contributed by atoms with Gasteiger partial charge >= 0.3 is 0 Å². The van der Waals surface area contributed by atoms with Gasteiger partial charge in [0, 0.05) is 19.1 Å². The summed E-state index contributed by atoms with van der Waals surface area (Å²) >= 11 is 0. The zero-order chi connectivity index (χ0) is 21.9. The average molecular weight is 433 g/mol. The van der Waals surface area contributed by atoms with Gasteiger partial charge in [-0.25, -0.2) is 8.42 Å². The highest BCUT2D eigenvalue weighted by Crippen LogP contribution is 2.26. The van der Waals surface area contributed by atoms with E-state index in [1.54, 1.807) is 0 Å². The minimum Gasteiger partial charge on any atom is -0.390 e. The Kier molecular flexibility index (Phi) is 6.77. The molecule has 5 N–H and O–H groups in total. The van der Waals surface area contributed by atoms with Gasteiger partial charge in [0.15, 0.2) is 11.4 Å². The van der Waals surface area contributed by atoms with E-state index in [0.29, 0.717) is 17.4 Å². The van der Waals surface area contributed by atoms with Crippen LogP contribution in [-0.2, 0) is 16.4 Å². The van der Waals surface area contributed by atoms with Crippen LogP contribution in [0.2, 0.25) is 0 Å². The molecular weight excluding hydrogens is 404 g/mol. The summed E-state index contributed by atoms with van der Waals surface area (Å²) in [5.74, 6) is 0.184. The van der Waals surface area contributed by atoms with Gasteiger partial charge in [0.25, 0.3) is 0 Å². The molecule has 0 unspecified atom stereocenters. The Hall–Kier alpha value is -2.46. The van der Waals surface area contributed by atoms with Crippen molar-refractivity contribution in [3.63, 3.8) is 0 Å². The number of nitrogens with two attached hydrogens (primary N) is 2. The van der Waals surface area contributed by atoms with Gasteiger partial charge in [-0.2, -0.15) is 4.31 Å². The Balaban J connectivity index is 1.83. The summed E-state index contributed by atoms with van der Waals surface area (Å²) in [6.07, 6.45) is -0.580.